The number of hydrogen-bond donors (Lipinski definition) is 2. The Morgan fingerprint density at radius 1 is 1.02 bits per heavy atom. The molecule has 1 saturated heterocycles. The van der Waals surface area contributed by atoms with Crippen LogP contribution in [0.4, 0.5) is 32.0 Å². The van der Waals surface area contributed by atoms with E-state index in [0.29, 0.717) is 36.8 Å². The van der Waals surface area contributed by atoms with Crippen LogP contribution in [-0.2, 0) is 26.7 Å². The molecule has 6 nitrogen and oxygen atoms in total. The summed E-state index contributed by atoms with van der Waals surface area (Å²) in [5, 5.41) is 12.5. The minimum Gasteiger partial charge on any atom is -0.481 e. The van der Waals surface area contributed by atoms with Gasteiger partial charge in [-0.15, -0.1) is 0 Å². The number of carbonyl (C=O) groups is 2. The van der Waals surface area contributed by atoms with Crippen LogP contribution < -0.4 is 5.32 Å². The maximum Gasteiger partial charge on any atom is 0.418 e. The number of carboxylic acid groups (broad SMARTS) is 1. The Hall–Kier alpha value is -3.19. The number of amides is 1. The van der Waals surface area contributed by atoms with Crippen LogP contribution in [0.3, 0.4) is 0 Å². The lowest BCUT2D eigenvalue weighted by atomic mass is 9.81. The molecule has 2 atom stereocenters. The van der Waals surface area contributed by atoms with Gasteiger partial charge >= 0.3 is 18.3 Å². The predicted octanol–water partition coefficient (Wildman–Crippen LogP) is 7.05. The maximum absolute atomic E-state index is 14.2. The van der Waals surface area contributed by atoms with Gasteiger partial charge in [-0.3, -0.25) is 9.59 Å². The number of halogens is 6. The first-order chi connectivity index (χ1) is 19.8. The number of carboxylic acids is 1. The Kier molecular flexibility index (Phi) is 10.1. The van der Waals surface area contributed by atoms with E-state index in [1.54, 1.807) is 18.2 Å². The van der Waals surface area contributed by atoms with E-state index in [1.165, 1.54) is 11.0 Å². The van der Waals surface area contributed by atoms with Gasteiger partial charge < -0.3 is 20.1 Å². The average molecular weight is 617 g/mol. The fourth-order valence-corrected chi connectivity index (χ4v) is 6.26. The lowest BCUT2D eigenvalue weighted by Gasteiger charge is -2.27. The molecule has 1 saturated carbocycles. The quantitative estimate of drug-likeness (QED) is 0.245. The van der Waals surface area contributed by atoms with Crippen molar-refractivity contribution in [3.8, 4) is 0 Å². The Balaban J connectivity index is 1.58. The first kappa shape index (κ1) is 31.7. The molecule has 2 N–H and O–H groups in total. The van der Waals surface area contributed by atoms with E-state index in [4.69, 9.17) is 4.74 Å². The normalized spacial score (nSPS) is 20.1. The molecule has 228 valence electrons. The average Bonchev–Trinajstić information content (AvgIpc) is 2.94. The van der Waals surface area contributed by atoms with E-state index in [1.807, 2.05) is 0 Å². The van der Waals surface area contributed by atoms with E-state index >= 15 is 0 Å². The molecule has 2 aromatic rings. The third-order valence-electron chi connectivity index (χ3n) is 7.28. The van der Waals surface area contributed by atoms with Crippen LogP contribution >= 0.6 is 11.8 Å². The lowest BCUT2D eigenvalue weighted by molar-refractivity contribution is -0.163. The van der Waals surface area contributed by atoms with Gasteiger partial charge in [0.15, 0.2) is 0 Å². The standard InChI is InChI=1S/C29H30F6N2O4S/c30-28(31,32)25-19(8-10-24(38)37-11-13-41-14-12-37)7-9-23(26(25)29(33,34)35)42-22-6-2-5-21(16-22)36-17-18-3-1-4-20(15-18)27(39)40/h2,5-10,16,18,20,36H,1,3-4,11-15,17H2,(H,39,40)/b10-8+/t18-,20+/m0/s1. The summed E-state index contributed by atoms with van der Waals surface area (Å²) in [6.07, 6.45) is -6.28. The second kappa shape index (κ2) is 13.4. The van der Waals surface area contributed by atoms with Gasteiger partial charge in [-0.2, -0.15) is 26.3 Å². The van der Waals surface area contributed by atoms with Gasteiger partial charge in [0.25, 0.3) is 0 Å². The monoisotopic (exact) mass is 616 g/mol. The molecule has 2 aliphatic rings. The number of nitrogens with one attached hydrogen (secondary N) is 1. The van der Waals surface area contributed by atoms with Crippen molar-refractivity contribution in [2.24, 2.45) is 11.8 Å². The zero-order chi connectivity index (χ0) is 30.5. The third kappa shape index (κ3) is 8.21. The topological polar surface area (TPSA) is 78.9 Å². The van der Waals surface area contributed by atoms with E-state index < -0.39 is 51.7 Å². The molecule has 42 heavy (non-hydrogen) atoms. The Bertz CT molecular complexity index is 1310. The molecule has 0 spiro atoms. The molecule has 0 aromatic heterocycles. The van der Waals surface area contributed by atoms with Crippen molar-refractivity contribution < 1.29 is 45.8 Å². The van der Waals surface area contributed by atoms with Crippen molar-refractivity contribution in [1.82, 2.24) is 4.90 Å². The summed E-state index contributed by atoms with van der Waals surface area (Å²) in [6.45, 7) is 1.46. The molecule has 0 bridgehead atoms. The Morgan fingerprint density at radius 3 is 2.40 bits per heavy atom. The third-order valence-corrected chi connectivity index (χ3v) is 8.33. The van der Waals surface area contributed by atoms with Gasteiger partial charge in [-0.1, -0.05) is 30.3 Å². The molecule has 13 heteroatoms. The first-order valence-electron chi connectivity index (χ1n) is 13.4. The number of morpholine rings is 1. The number of rotatable bonds is 8. The summed E-state index contributed by atoms with van der Waals surface area (Å²) < 4.78 is 90.3. The highest BCUT2D eigenvalue weighted by atomic mass is 32.2. The van der Waals surface area contributed by atoms with Crippen LogP contribution in [0.15, 0.2) is 52.3 Å². The first-order valence-corrected chi connectivity index (χ1v) is 14.3. The largest absolute Gasteiger partial charge is 0.481 e. The number of ether oxygens (including phenoxy) is 1. The number of alkyl halides is 6. The van der Waals surface area contributed by atoms with Crippen LogP contribution in [0.1, 0.15) is 42.4 Å². The minimum atomic E-state index is -5.35. The zero-order valence-corrected chi connectivity index (χ0v) is 23.2. The van der Waals surface area contributed by atoms with E-state index in [-0.39, 0.29) is 37.1 Å². The number of benzene rings is 2. The summed E-state index contributed by atoms with van der Waals surface area (Å²) in [5.74, 6) is -1.75. The molecular weight excluding hydrogens is 586 g/mol. The highest BCUT2D eigenvalue weighted by Crippen LogP contribution is 2.48. The number of hydrogen-bond acceptors (Lipinski definition) is 5. The molecule has 1 heterocycles. The fourth-order valence-electron chi connectivity index (χ4n) is 5.22. The Labute approximate surface area is 243 Å². The summed E-state index contributed by atoms with van der Waals surface area (Å²) in [6, 6.07) is 8.23. The van der Waals surface area contributed by atoms with Gasteiger partial charge in [-0.25, -0.2) is 0 Å². The van der Waals surface area contributed by atoms with Crippen LogP contribution in [0, 0.1) is 11.8 Å². The summed E-state index contributed by atoms with van der Waals surface area (Å²) in [5.41, 5.74) is -3.88. The lowest BCUT2D eigenvalue weighted by Crippen LogP contribution is -2.39. The molecule has 2 fully saturated rings. The highest BCUT2D eigenvalue weighted by molar-refractivity contribution is 7.99. The second-order valence-corrected chi connectivity index (χ2v) is 11.4. The minimum absolute atomic E-state index is 0.109. The van der Waals surface area contributed by atoms with Crippen molar-refractivity contribution in [2.75, 3.05) is 38.2 Å². The number of aliphatic carboxylic acids is 1. The van der Waals surface area contributed by atoms with Crippen molar-refractivity contribution in [1.29, 1.82) is 0 Å². The van der Waals surface area contributed by atoms with Gasteiger partial charge in [0.1, 0.15) is 0 Å². The maximum atomic E-state index is 14.2. The molecule has 4 rings (SSSR count). The smallest absolute Gasteiger partial charge is 0.418 e. The highest BCUT2D eigenvalue weighted by Gasteiger charge is 2.46. The fraction of sp³-hybridized carbons (Fsp3) is 0.448. The summed E-state index contributed by atoms with van der Waals surface area (Å²) in [7, 11) is 0. The van der Waals surface area contributed by atoms with Crippen LogP contribution in [0.2, 0.25) is 0 Å². The van der Waals surface area contributed by atoms with Gasteiger partial charge in [0.05, 0.1) is 30.3 Å². The van der Waals surface area contributed by atoms with Gasteiger partial charge in [0, 0.05) is 41.2 Å². The molecule has 0 unspecified atom stereocenters. The molecule has 2 aromatic carbocycles. The molecule has 1 amide bonds. The summed E-state index contributed by atoms with van der Waals surface area (Å²) >= 11 is 0.556. The molecule has 1 aliphatic carbocycles. The van der Waals surface area contributed by atoms with Crippen molar-refractivity contribution >= 4 is 35.4 Å². The van der Waals surface area contributed by atoms with E-state index in [2.05, 4.69) is 5.32 Å². The van der Waals surface area contributed by atoms with E-state index in [0.717, 1.165) is 37.1 Å². The predicted molar refractivity (Wildman–Crippen MR) is 145 cm³/mol. The van der Waals surface area contributed by atoms with Crippen LogP contribution in [-0.4, -0.2) is 54.7 Å². The molecule has 1 aliphatic heterocycles. The van der Waals surface area contributed by atoms with Crippen molar-refractivity contribution in [2.45, 2.75) is 47.8 Å². The van der Waals surface area contributed by atoms with Gasteiger partial charge in [-0.05, 0) is 61.1 Å². The Morgan fingerprint density at radius 2 is 1.74 bits per heavy atom. The summed E-state index contributed by atoms with van der Waals surface area (Å²) in [4.78, 5) is 24.7. The van der Waals surface area contributed by atoms with Crippen molar-refractivity contribution in [3.05, 3.63) is 59.2 Å². The molecule has 0 radical (unpaired) electrons. The molecular formula is C29H30F6N2O4S. The van der Waals surface area contributed by atoms with Gasteiger partial charge in [0.2, 0.25) is 5.91 Å². The second-order valence-electron chi connectivity index (χ2n) is 10.2. The number of anilines is 1. The SMILES string of the molecule is O=C(O)[C@@H]1CCC[C@H](CNc2cccc(Sc3ccc(/C=C/C(=O)N4CCOCC4)c(C(F)(F)F)c3C(F)(F)F)c2)C1. The van der Waals surface area contributed by atoms with Crippen LogP contribution in [0.25, 0.3) is 6.08 Å². The zero-order valence-electron chi connectivity index (χ0n) is 22.4. The van der Waals surface area contributed by atoms with Crippen molar-refractivity contribution in [3.63, 3.8) is 0 Å². The number of carbonyl (C=O) groups excluding carboxylic acids is 1. The number of nitrogens with zero attached hydrogens (tertiary/aromatic N) is 1. The van der Waals surface area contributed by atoms with E-state index in [9.17, 15) is 41.0 Å². The van der Waals surface area contributed by atoms with Crippen LogP contribution in [0.5, 0.6) is 0 Å².